The Balaban J connectivity index is 3.15. The third kappa shape index (κ3) is 5.88. The largest absolute Gasteiger partial charge is 0.302 e. The molecule has 44 valence electrons. The molecule has 0 spiro atoms. The molecular formula is C4H12N2O. The Morgan fingerprint density at radius 2 is 2.00 bits per heavy atom. The lowest BCUT2D eigenvalue weighted by molar-refractivity contribution is -0.0696. The van der Waals surface area contributed by atoms with Crippen LogP contribution in [0.2, 0.25) is 0 Å². The molecule has 0 bridgehead atoms. The lowest BCUT2D eigenvalue weighted by Gasteiger charge is -2.16. The summed E-state index contributed by atoms with van der Waals surface area (Å²) in [5.41, 5.74) is 7.28. The third-order valence-corrected chi connectivity index (χ3v) is 0.365. The number of nitrogens with one attached hydrogen (secondary N) is 1. The molecule has 0 aliphatic rings. The van der Waals surface area contributed by atoms with Crippen LogP contribution in [0.25, 0.3) is 0 Å². The number of hydrogen-bond acceptors (Lipinski definition) is 3. The lowest BCUT2D eigenvalue weighted by atomic mass is 10.3. The van der Waals surface area contributed by atoms with Crippen molar-refractivity contribution >= 4 is 0 Å². The summed E-state index contributed by atoms with van der Waals surface area (Å²) >= 11 is 0. The molecule has 0 aliphatic heterocycles. The SMILES string of the molecule is CNOC(C)(C)N. The van der Waals surface area contributed by atoms with E-state index in [1.165, 1.54) is 0 Å². The van der Waals surface area contributed by atoms with E-state index in [1.807, 2.05) is 0 Å². The molecule has 0 saturated heterocycles. The van der Waals surface area contributed by atoms with Gasteiger partial charge in [-0.15, -0.1) is 0 Å². The molecule has 0 aromatic rings. The Morgan fingerprint density at radius 1 is 1.57 bits per heavy atom. The highest BCUT2D eigenvalue weighted by molar-refractivity contribution is 4.52. The predicted molar refractivity (Wildman–Crippen MR) is 28.4 cm³/mol. The van der Waals surface area contributed by atoms with Crippen LogP contribution in [-0.4, -0.2) is 12.8 Å². The van der Waals surface area contributed by atoms with E-state index in [4.69, 9.17) is 10.6 Å². The van der Waals surface area contributed by atoms with Crippen molar-refractivity contribution in [3.63, 3.8) is 0 Å². The molecule has 0 unspecified atom stereocenters. The van der Waals surface area contributed by atoms with Crippen LogP contribution in [0.15, 0.2) is 0 Å². The van der Waals surface area contributed by atoms with Crippen LogP contribution in [0, 0.1) is 0 Å². The van der Waals surface area contributed by atoms with E-state index >= 15 is 0 Å². The molecule has 0 amide bonds. The van der Waals surface area contributed by atoms with Gasteiger partial charge in [0.25, 0.3) is 0 Å². The second-order valence-corrected chi connectivity index (χ2v) is 1.91. The van der Waals surface area contributed by atoms with Crippen molar-refractivity contribution in [3.05, 3.63) is 0 Å². The van der Waals surface area contributed by atoms with E-state index in [0.717, 1.165) is 0 Å². The maximum atomic E-state index is 5.36. The van der Waals surface area contributed by atoms with Crippen molar-refractivity contribution < 1.29 is 4.84 Å². The van der Waals surface area contributed by atoms with Gasteiger partial charge in [0.15, 0.2) is 0 Å². The molecule has 0 heterocycles. The Kier molecular flexibility index (Phi) is 2.22. The van der Waals surface area contributed by atoms with Crippen molar-refractivity contribution in [1.29, 1.82) is 0 Å². The third-order valence-electron chi connectivity index (χ3n) is 0.365. The molecule has 0 radical (unpaired) electrons. The number of nitrogens with two attached hydrogens (primary N) is 1. The molecule has 3 heteroatoms. The maximum Gasteiger partial charge on any atom is 0.132 e. The highest BCUT2D eigenvalue weighted by atomic mass is 16.7. The summed E-state index contributed by atoms with van der Waals surface area (Å²) in [6.07, 6.45) is 0. The zero-order valence-corrected chi connectivity index (χ0v) is 4.99. The van der Waals surface area contributed by atoms with Gasteiger partial charge >= 0.3 is 0 Å². The summed E-state index contributed by atoms with van der Waals surface area (Å²) < 4.78 is 0. The molecule has 0 saturated carbocycles. The van der Waals surface area contributed by atoms with Gasteiger partial charge in [-0.3, -0.25) is 4.84 Å². The molecule has 3 nitrogen and oxygen atoms in total. The molecule has 0 aromatic carbocycles. The zero-order chi connectivity index (χ0) is 5.91. The highest BCUT2D eigenvalue weighted by Crippen LogP contribution is 1.92. The van der Waals surface area contributed by atoms with Crippen LogP contribution in [-0.2, 0) is 4.84 Å². The first-order valence-corrected chi connectivity index (χ1v) is 2.20. The average Bonchev–Trinajstić information content (AvgIpc) is 1.30. The molecule has 0 aromatic heterocycles. The molecule has 0 aliphatic carbocycles. The van der Waals surface area contributed by atoms with E-state index in [-0.39, 0.29) is 0 Å². The lowest BCUT2D eigenvalue weighted by Crippen LogP contribution is -2.39. The molecular weight excluding hydrogens is 92.1 g/mol. The van der Waals surface area contributed by atoms with Crippen LogP contribution < -0.4 is 11.2 Å². The predicted octanol–water partition coefficient (Wildman–Crippen LogP) is -0.168. The first-order valence-electron chi connectivity index (χ1n) is 2.20. The normalized spacial score (nSPS) is 12.0. The monoisotopic (exact) mass is 104 g/mol. The van der Waals surface area contributed by atoms with Gasteiger partial charge in [0.05, 0.1) is 0 Å². The summed E-state index contributed by atoms with van der Waals surface area (Å²) in [5.74, 6) is 0. The van der Waals surface area contributed by atoms with Gasteiger partial charge in [-0.1, -0.05) is 0 Å². The van der Waals surface area contributed by atoms with Gasteiger partial charge < -0.3 is 5.73 Å². The minimum absolute atomic E-state index is 0.561. The van der Waals surface area contributed by atoms with Crippen molar-refractivity contribution in [2.45, 2.75) is 19.6 Å². The molecule has 7 heavy (non-hydrogen) atoms. The summed E-state index contributed by atoms with van der Waals surface area (Å²) in [7, 11) is 1.68. The standard InChI is InChI=1S/C4H12N2O/c1-4(2,5)7-6-3/h6H,5H2,1-3H3. The first kappa shape index (κ1) is 6.88. The van der Waals surface area contributed by atoms with Crippen LogP contribution >= 0.6 is 0 Å². The highest BCUT2D eigenvalue weighted by Gasteiger charge is 2.07. The van der Waals surface area contributed by atoms with Crippen LogP contribution in [0.5, 0.6) is 0 Å². The van der Waals surface area contributed by atoms with E-state index in [2.05, 4.69) is 5.48 Å². The van der Waals surface area contributed by atoms with Gasteiger partial charge in [-0.2, -0.15) is 0 Å². The summed E-state index contributed by atoms with van der Waals surface area (Å²) in [6, 6.07) is 0. The fraction of sp³-hybridized carbons (Fsp3) is 1.00. The van der Waals surface area contributed by atoms with Crippen molar-refractivity contribution in [1.82, 2.24) is 5.48 Å². The van der Waals surface area contributed by atoms with Crippen LogP contribution in [0.1, 0.15) is 13.8 Å². The Bertz CT molecular complexity index is 48.1. The Hall–Kier alpha value is -0.120. The first-order chi connectivity index (χ1) is 3.06. The molecule has 0 atom stereocenters. The summed E-state index contributed by atoms with van der Waals surface area (Å²) in [5, 5.41) is 0. The maximum absolute atomic E-state index is 5.36. The molecule has 0 fully saturated rings. The van der Waals surface area contributed by atoms with E-state index in [0.29, 0.717) is 0 Å². The van der Waals surface area contributed by atoms with Gasteiger partial charge in [0, 0.05) is 7.05 Å². The fourth-order valence-electron chi connectivity index (χ4n) is 0.263. The second-order valence-electron chi connectivity index (χ2n) is 1.91. The average molecular weight is 104 g/mol. The van der Waals surface area contributed by atoms with E-state index in [9.17, 15) is 0 Å². The van der Waals surface area contributed by atoms with Crippen molar-refractivity contribution in [3.8, 4) is 0 Å². The van der Waals surface area contributed by atoms with Crippen molar-refractivity contribution in [2.75, 3.05) is 7.05 Å². The van der Waals surface area contributed by atoms with Gasteiger partial charge in [0.2, 0.25) is 0 Å². The van der Waals surface area contributed by atoms with E-state index in [1.54, 1.807) is 20.9 Å². The zero-order valence-electron chi connectivity index (χ0n) is 4.99. The molecule has 3 N–H and O–H groups in total. The molecule has 0 rings (SSSR count). The van der Waals surface area contributed by atoms with Gasteiger partial charge in [-0.25, -0.2) is 5.48 Å². The number of hydroxylamine groups is 1. The minimum Gasteiger partial charge on any atom is -0.302 e. The smallest absolute Gasteiger partial charge is 0.132 e. The topological polar surface area (TPSA) is 47.3 Å². The minimum atomic E-state index is -0.561. The second kappa shape index (κ2) is 2.26. The van der Waals surface area contributed by atoms with Crippen molar-refractivity contribution in [2.24, 2.45) is 5.73 Å². The summed E-state index contributed by atoms with van der Waals surface area (Å²) in [4.78, 5) is 4.76. The Labute approximate surface area is 43.8 Å². The van der Waals surface area contributed by atoms with E-state index < -0.39 is 5.72 Å². The fourth-order valence-corrected chi connectivity index (χ4v) is 0.263. The van der Waals surface area contributed by atoms with Crippen LogP contribution in [0.3, 0.4) is 0 Å². The van der Waals surface area contributed by atoms with Crippen LogP contribution in [0.4, 0.5) is 0 Å². The number of hydrogen-bond donors (Lipinski definition) is 2. The van der Waals surface area contributed by atoms with Gasteiger partial charge in [-0.05, 0) is 13.8 Å². The van der Waals surface area contributed by atoms with Gasteiger partial charge in [0.1, 0.15) is 5.72 Å². The Morgan fingerprint density at radius 3 is 2.00 bits per heavy atom. The summed E-state index contributed by atoms with van der Waals surface area (Å²) in [6.45, 7) is 3.53. The number of rotatable bonds is 2. The quantitative estimate of drug-likeness (QED) is 0.378.